The first-order valence-corrected chi connectivity index (χ1v) is 6.68. The second-order valence-electron chi connectivity index (χ2n) is 5.13. The Balaban J connectivity index is 2.00. The van der Waals surface area contributed by atoms with Crippen LogP contribution in [0.5, 0.6) is 5.75 Å². The van der Waals surface area contributed by atoms with Gasteiger partial charge in [-0.05, 0) is 44.0 Å². The van der Waals surface area contributed by atoms with E-state index in [9.17, 15) is 4.79 Å². The van der Waals surface area contributed by atoms with Gasteiger partial charge >= 0.3 is 0 Å². The van der Waals surface area contributed by atoms with Crippen molar-refractivity contribution in [2.45, 2.75) is 44.6 Å². The number of hydrogen-bond acceptors (Lipinski definition) is 3. The average Bonchev–Trinajstić information content (AvgIpc) is 2.77. The Hall–Kier alpha value is -1.35. The third-order valence-electron chi connectivity index (χ3n) is 3.60. The molecule has 1 aliphatic carbocycles. The molecule has 0 bridgehead atoms. The molecule has 0 unspecified atom stereocenters. The molecule has 0 amide bonds. The molecule has 3 nitrogen and oxygen atoms in total. The normalized spacial score (nSPS) is 17.7. The van der Waals surface area contributed by atoms with E-state index in [2.05, 4.69) is 0 Å². The van der Waals surface area contributed by atoms with Crippen LogP contribution in [0.25, 0.3) is 0 Å². The lowest BCUT2D eigenvalue weighted by Crippen LogP contribution is -2.38. The minimum Gasteiger partial charge on any atom is -0.494 e. The van der Waals surface area contributed by atoms with E-state index in [4.69, 9.17) is 10.5 Å². The Morgan fingerprint density at radius 1 is 1.28 bits per heavy atom. The summed E-state index contributed by atoms with van der Waals surface area (Å²) in [6.45, 7) is 2.58. The number of carbonyl (C=O) groups excluding carboxylic acids is 1. The van der Waals surface area contributed by atoms with Crippen molar-refractivity contribution in [3.05, 3.63) is 29.8 Å². The van der Waals surface area contributed by atoms with Gasteiger partial charge in [-0.1, -0.05) is 12.8 Å². The number of carbonyl (C=O) groups is 1. The Kier molecular flexibility index (Phi) is 4.02. The van der Waals surface area contributed by atoms with Gasteiger partial charge in [-0.15, -0.1) is 0 Å². The zero-order valence-corrected chi connectivity index (χ0v) is 10.9. The number of hydrogen-bond donors (Lipinski definition) is 1. The molecule has 1 aromatic rings. The first-order chi connectivity index (χ1) is 8.63. The molecule has 2 rings (SSSR count). The molecule has 3 heteroatoms. The van der Waals surface area contributed by atoms with E-state index in [-0.39, 0.29) is 11.3 Å². The fourth-order valence-electron chi connectivity index (χ4n) is 2.58. The van der Waals surface area contributed by atoms with E-state index in [1.165, 1.54) is 0 Å². The number of Topliss-reactive ketones (excluding diaryl/α,β-unsaturated/α-hetero) is 1. The molecule has 18 heavy (non-hydrogen) atoms. The SMILES string of the molecule is CCOc1ccc(C(=O)CC2(N)CCCC2)cc1. The summed E-state index contributed by atoms with van der Waals surface area (Å²) in [7, 11) is 0. The number of ketones is 1. The number of rotatable bonds is 5. The van der Waals surface area contributed by atoms with Crippen molar-refractivity contribution >= 4 is 5.78 Å². The molecule has 0 heterocycles. The predicted molar refractivity (Wildman–Crippen MR) is 71.9 cm³/mol. The van der Waals surface area contributed by atoms with Crippen molar-refractivity contribution in [3.8, 4) is 5.75 Å². The zero-order valence-electron chi connectivity index (χ0n) is 10.9. The van der Waals surface area contributed by atoms with E-state index < -0.39 is 0 Å². The summed E-state index contributed by atoms with van der Waals surface area (Å²) in [6.07, 6.45) is 4.69. The van der Waals surface area contributed by atoms with Crippen LogP contribution in [-0.2, 0) is 0 Å². The van der Waals surface area contributed by atoms with Crippen LogP contribution in [0, 0.1) is 0 Å². The second kappa shape index (κ2) is 5.53. The molecular formula is C15H21NO2. The molecule has 1 fully saturated rings. The summed E-state index contributed by atoms with van der Waals surface area (Å²) in [4.78, 5) is 12.2. The minimum atomic E-state index is -0.268. The molecule has 1 aliphatic rings. The molecule has 0 radical (unpaired) electrons. The van der Waals surface area contributed by atoms with E-state index in [1.807, 2.05) is 31.2 Å². The molecular weight excluding hydrogens is 226 g/mol. The van der Waals surface area contributed by atoms with Crippen LogP contribution in [0.3, 0.4) is 0 Å². The standard InChI is InChI=1S/C15H21NO2/c1-2-18-13-7-5-12(6-8-13)14(17)11-15(16)9-3-4-10-15/h5-8H,2-4,9-11,16H2,1H3. The Bertz CT molecular complexity index is 405. The highest BCUT2D eigenvalue weighted by atomic mass is 16.5. The van der Waals surface area contributed by atoms with E-state index in [0.29, 0.717) is 13.0 Å². The van der Waals surface area contributed by atoms with Gasteiger partial charge in [0.15, 0.2) is 5.78 Å². The van der Waals surface area contributed by atoms with Crippen LogP contribution in [0.2, 0.25) is 0 Å². The van der Waals surface area contributed by atoms with E-state index in [0.717, 1.165) is 37.0 Å². The molecule has 1 saturated carbocycles. The predicted octanol–water partition coefficient (Wildman–Crippen LogP) is 2.93. The first kappa shape index (κ1) is 13.1. The van der Waals surface area contributed by atoms with Crippen molar-refractivity contribution in [2.24, 2.45) is 5.73 Å². The number of benzene rings is 1. The van der Waals surface area contributed by atoms with Gasteiger partial charge < -0.3 is 10.5 Å². The maximum atomic E-state index is 12.2. The lowest BCUT2D eigenvalue weighted by molar-refractivity contribution is 0.0952. The summed E-state index contributed by atoms with van der Waals surface area (Å²) >= 11 is 0. The molecule has 0 aliphatic heterocycles. The van der Waals surface area contributed by atoms with Gasteiger partial charge in [-0.25, -0.2) is 0 Å². The fourth-order valence-corrected chi connectivity index (χ4v) is 2.58. The van der Waals surface area contributed by atoms with Crippen LogP contribution in [-0.4, -0.2) is 17.9 Å². The van der Waals surface area contributed by atoms with Crippen LogP contribution >= 0.6 is 0 Å². The van der Waals surface area contributed by atoms with Crippen molar-refractivity contribution in [1.29, 1.82) is 0 Å². The van der Waals surface area contributed by atoms with Gasteiger partial charge in [-0.3, -0.25) is 4.79 Å². The van der Waals surface area contributed by atoms with Crippen molar-refractivity contribution in [1.82, 2.24) is 0 Å². The second-order valence-corrected chi connectivity index (χ2v) is 5.13. The monoisotopic (exact) mass is 247 g/mol. The molecule has 1 aromatic carbocycles. The molecule has 98 valence electrons. The van der Waals surface area contributed by atoms with Crippen LogP contribution in [0.15, 0.2) is 24.3 Å². The smallest absolute Gasteiger partial charge is 0.164 e. The number of nitrogens with two attached hydrogens (primary N) is 1. The van der Waals surface area contributed by atoms with Crippen molar-refractivity contribution < 1.29 is 9.53 Å². The van der Waals surface area contributed by atoms with Crippen LogP contribution < -0.4 is 10.5 Å². The zero-order chi connectivity index (χ0) is 13.0. The van der Waals surface area contributed by atoms with Gasteiger partial charge in [0.1, 0.15) is 5.75 Å². The summed E-state index contributed by atoms with van der Waals surface area (Å²) in [6, 6.07) is 7.33. The number of ether oxygens (including phenoxy) is 1. The Morgan fingerprint density at radius 2 is 1.89 bits per heavy atom. The van der Waals surface area contributed by atoms with Gasteiger partial charge in [-0.2, -0.15) is 0 Å². The van der Waals surface area contributed by atoms with Crippen LogP contribution in [0.1, 0.15) is 49.4 Å². The summed E-state index contributed by atoms with van der Waals surface area (Å²) in [5.74, 6) is 0.944. The highest BCUT2D eigenvalue weighted by Crippen LogP contribution is 2.31. The Labute approximate surface area is 108 Å². The summed E-state index contributed by atoms with van der Waals surface area (Å²) in [5.41, 5.74) is 6.69. The average molecular weight is 247 g/mol. The van der Waals surface area contributed by atoms with Crippen molar-refractivity contribution in [3.63, 3.8) is 0 Å². The molecule has 0 atom stereocenters. The minimum absolute atomic E-state index is 0.141. The van der Waals surface area contributed by atoms with E-state index in [1.54, 1.807) is 0 Å². The molecule has 0 saturated heterocycles. The van der Waals surface area contributed by atoms with E-state index >= 15 is 0 Å². The third-order valence-corrected chi connectivity index (χ3v) is 3.60. The molecule has 0 aromatic heterocycles. The highest BCUT2D eigenvalue weighted by molar-refractivity contribution is 5.96. The molecule has 0 spiro atoms. The first-order valence-electron chi connectivity index (χ1n) is 6.68. The van der Waals surface area contributed by atoms with Gasteiger partial charge in [0.25, 0.3) is 0 Å². The summed E-state index contributed by atoms with van der Waals surface area (Å²) in [5, 5.41) is 0. The van der Waals surface area contributed by atoms with Crippen molar-refractivity contribution in [2.75, 3.05) is 6.61 Å². The maximum absolute atomic E-state index is 12.2. The fraction of sp³-hybridized carbons (Fsp3) is 0.533. The quantitative estimate of drug-likeness (QED) is 0.814. The molecule has 2 N–H and O–H groups in total. The van der Waals surface area contributed by atoms with Gasteiger partial charge in [0, 0.05) is 17.5 Å². The largest absolute Gasteiger partial charge is 0.494 e. The lowest BCUT2D eigenvalue weighted by atomic mass is 9.90. The maximum Gasteiger partial charge on any atom is 0.164 e. The third kappa shape index (κ3) is 3.10. The van der Waals surface area contributed by atoms with Gasteiger partial charge in [0.05, 0.1) is 6.61 Å². The lowest BCUT2D eigenvalue weighted by Gasteiger charge is -2.22. The highest BCUT2D eigenvalue weighted by Gasteiger charge is 2.31. The van der Waals surface area contributed by atoms with Gasteiger partial charge in [0.2, 0.25) is 0 Å². The Morgan fingerprint density at radius 3 is 2.44 bits per heavy atom. The van der Waals surface area contributed by atoms with Crippen LogP contribution in [0.4, 0.5) is 0 Å². The summed E-state index contributed by atoms with van der Waals surface area (Å²) < 4.78 is 5.36. The topological polar surface area (TPSA) is 52.3 Å².